The molecule has 2 heterocycles. The van der Waals surface area contributed by atoms with Crippen molar-refractivity contribution in [1.82, 2.24) is 9.97 Å². The Bertz CT molecular complexity index is 964. The normalized spacial score (nSPS) is 13.8. The maximum atomic E-state index is 12.2. The van der Waals surface area contributed by atoms with E-state index in [1.54, 1.807) is 11.4 Å². The van der Waals surface area contributed by atoms with Gasteiger partial charge in [-0.1, -0.05) is 22.9 Å². The average Bonchev–Trinajstić information content (AvgIpc) is 3.22. The fourth-order valence-electron chi connectivity index (χ4n) is 2.28. The minimum absolute atomic E-state index is 0.0125. The lowest BCUT2D eigenvalue weighted by molar-refractivity contribution is -0.117. The first-order valence-corrected chi connectivity index (χ1v) is 9.75. The second-order valence-corrected chi connectivity index (χ2v) is 8.09. The largest absolute Gasteiger partial charge is 0.302 e. The molecule has 2 aromatic heterocycles. The van der Waals surface area contributed by atoms with Gasteiger partial charge < -0.3 is 10.6 Å². The van der Waals surface area contributed by atoms with Gasteiger partial charge in [0, 0.05) is 16.3 Å². The number of carbonyl (C=O) groups is 2. The second kappa shape index (κ2) is 6.70. The third-order valence-electron chi connectivity index (χ3n) is 3.67. The van der Waals surface area contributed by atoms with Gasteiger partial charge in [0.05, 0.1) is 22.3 Å². The molecule has 0 unspecified atom stereocenters. The van der Waals surface area contributed by atoms with E-state index < -0.39 is 0 Å². The van der Waals surface area contributed by atoms with E-state index in [2.05, 4.69) is 20.6 Å². The molecule has 3 aromatic rings. The summed E-state index contributed by atoms with van der Waals surface area (Å²) < 4.78 is 0.918. The van der Waals surface area contributed by atoms with Crippen LogP contribution in [0.25, 0.3) is 10.2 Å². The summed E-state index contributed by atoms with van der Waals surface area (Å²) in [7, 11) is 0. The Labute approximate surface area is 156 Å². The number of hydrogen-bond acceptors (Lipinski definition) is 6. The van der Waals surface area contributed by atoms with Crippen LogP contribution in [0.4, 0.5) is 10.3 Å². The first-order valence-electron chi connectivity index (χ1n) is 7.68. The third-order valence-corrected chi connectivity index (χ3v) is 5.64. The van der Waals surface area contributed by atoms with Gasteiger partial charge in [-0.05, 0) is 31.0 Å². The highest BCUT2D eigenvalue weighted by Crippen LogP contribution is 2.31. The molecule has 9 heteroatoms. The van der Waals surface area contributed by atoms with Gasteiger partial charge in [0.25, 0.3) is 0 Å². The average molecular weight is 393 g/mol. The monoisotopic (exact) mass is 392 g/mol. The number of rotatable bonds is 5. The Hall–Kier alpha value is -2.03. The molecule has 0 atom stereocenters. The molecule has 0 aliphatic heterocycles. The second-order valence-electron chi connectivity index (χ2n) is 5.76. The number of anilines is 2. The number of nitrogens with one attached hydrogen (secondary N) is 2. The van der Waals surface area contributed by atoms with Gasteiger partial charge in [-0.2, -0.15) is 0 Å². The van der Waals surface area contributed by atoms with Crippen LogP contribution in [0.15, 0.2) is 23.6 Å². The number of thiazole rings is 2. The van der Waals surface area contributed by atoms with Crippen molar-refractivity contribution in [2.24, 2.45) is 5.92 Å². The van der Waals surface area contributed by atoms with E-state index in [1.807, 2.05) is 12.1 Å². The molecule has 0 saturated heterocycles. The smallest absolute Gasteiger partial charge is 0.232 e. The van der Waals surface area contributed by atoms with Crippen molar-refractivity contribution in [1.29, 1.82) is 0 Å². The van der Waals surface area contributed by atoms with Crippen molar-refractivity contribution in [3.63, 3.8) is 0 Å². The van der Waals surface area contributed by atoms with Crippen LogP contribution >= 0.6 is 34.3 Å². The highest BCUT2D eigenvalue weighted by atomic mass is 35.5. The minimum Gasteiger partial charge on any atom is -0.302 e. The molecule has 2 N–H and O–H groups in total. The fourth-order valence-corrected chi connectivity index (χ4v) is 4.15. The number of benzene rings is 1. The number of nitrogens with zero attached hydrogens (tertiary/aromatic N) is 2. The lowest BCUT2D eigenvalue weighted by Gasteiger charge is -1.99. The van der Waals surface area contributed by atoms with Gasteiger partial charge >= 0.3 is 0 Å². The quantitative estimate of drug-likeness (QED) is 0.688. The Kier molecular flexibility index (Phi) is 4.41. The summed E-state index contributed by atoms with van der Waals surface area (Å²) in [6.45, 7) is 0. The molecule has 25 heavy (non-hydrogen) atoms. The summed E-state index contributed by atoms with van der Waals surface area (Å²) in [5.41, 5.74) is 1.42. The van der Waals surface area contributed by atoms with Crippen LogP contribution in [0.5, 0.6) is 0 Å². The number of halogens is 1. The number of hydrogen-bond donors (Lipinski definition) is 2. The van der Waals surface area contributed by atoms with Crippen LogP contribution < -0.4 is 10.6 Å². The van der Waals surface area contributed by atoms with Crippen LogP contribution in [0.1, 0.15) is 18.5 Å². The van der Waals surface area contributed by atoms with Gasteiger partial charge in [0.15, 0.2) is 10.3 Å². The van der Waals surface area contributed by atoms with E-state index in [-0.39, 0.29) is 24.2 Å². The lowest BCUT2D eigenvalue weighted by atomic mass is 10.3. The molecular weight excluding hydrogens is 380 g/mol. The lowest BCUT2D eigenvalue weighted by Crippen LogP contribution is -2.15. The molecule has 0 spiro atoms. The van der Waals surface area contributed by atoms with Crippen molar-refractivity contribution in [3.8, 4) is 0 Å². The molecular formula is C16H13ClN4O2S2. The van der Waals surface area contributed by atoms with Gasteiger partial charge in [0.1, 0.15) is 0 Å². The van der Waals surface area contributed by atoms with Gasteiger partial charge in [-0.3, -0.25) is 9.59 Å². The zero-order chi connectivity index (χ0) is 17.4. The van der Waals surface area contributed by atoms with Crippen molar-refractivity contribution >= 4 is 66.6 Å². The van der Waals surface area contributed by atoms with Crippen molar-refractivity contribution in [2.45, 2.75) is 19.3 Å². The van der Waals surface area contributed by atoms with Crippen molar-refractivity contribution in [2.75, 3.05) is 10.6 Å². The molecule has 1 fully saturated rings. The maximum absolute atomic E-state index is 12.2. The third kappa shape index (κ3) is 3.97. The molecule has 1 aromatic carbocycles. The Morgan fingerprint density at radius 2 is 2.04 bits per heavy atom. The first-order chi connectivity index (χ1) is 12.1. The molecule has 1 aliphatic carbocycles. The van der Waals surface area contributed by atoms with Gasteiger partial charge in [-0.25, -0.2) is 9.97 Å². The number of carbonyl (C=O) groups excluding carboxylic acids is 2. The molecule has 128 valence electrons. The molecule has 0 bridgehead atoms. The van der Waals surface area contributed by atoms with E-state index >= 15 is 0 Å². The molecule has 0 radical (unpaired) electrons. The Morgan fingerprint density at radius 3 is 2.84 bits per heavy atom. The summed E-state index contributed by atoms with van der Waals surface area (Å²) in [6.07, 6.45) is 2.02. The van der Waals surface area contributed by atoms with E-state index in [0.717, 1.165) is 23.1 Å². The molecule has 1 saturated carbocycles. The highest BCUT2D eigenvalue weighted by molar-refractivity contribution is 7.22. The van der Waals surface area contributed by atoms with Gasteiger partial charge in [-0.15, -0.1) is 11.3 Å². The molecule has 2 amide bonds. The van der Waals surface area contributed by atoms with Crippen LogP contribution in [-0.4, -0.2) is 21.8 Å². The van der Waals surface area contributed by atoms with E-state index in [1.165, 1.54) is 22.7 Å². The number of amides is 2. The zero-order valence-corrected chi connectivity index (χ0v) is 15.3. The Balaban J connectivity index is 1.37. The van der Waals surface area contributed by atoms with Crippen LogP contribution in [0.3, 0.4) is 0 Å². The standard InChI is InChI=1S/C16H13ClN4O2S2/c17-9-3-4-11-12(5-9)25-16(19-11)20-13(22)6-10-7-24-15(18-10)21-14(23)8-1-2-8/h3-5,7-8H,1-2,6H2,(H,18,21,23)(H,19,20,22). The number of fused-ring (bicyclic) bond motifs is 1. The topological polar surface area (TPSA) is 84.0 Å². The predicted octanol–water partition coefficient (Wildman–Crippen LogP) is 3.94. The maximum Gasteiger partial charge on any atom is 0.232 e. The van der Waals surface area contributed by atoms with Crippen molar-refractivity contribution < 1.29 is 9.59 Å². The summed E-state index contributed by atoms with van der Waals surface area (Å²) in [5, 5.41) is 9.04. The Morgan fingerprint density at radius 1 is 1.20 bits per heavy atom. The summed E-state index contributed by atoms with van der Waals surface area (Å²) in [6, 6.07) is 5.40. The van der Waals surface area contributed by atoms with E-state index in [0.29, 0.717) is 21.0 Å². The first kappa shape index (κ1) is 16.4. The molecule has 4 rings (SSSR count). The molecule has 1 aliphatic rings. The van der Waals surface area contributed by atoms with Crippen LogP contribution in [-0.2, 0) is 16.0 Å². The number of aromatic nitrogens is 2. The fraction of sp³-hybridized carbons (Fsp3) is 0.250. The minimum atomic E-state index is -0.199. The zero-order valence-electron chi connectivity index (χ0n) is 12.9. The van der Waals surface area contributed by atoms with Crippen LogP contribution in [0.2, 0.25) is 5.02 Å². The van der Waals surface area contributed by atoms with Crippen LogP contribution in [0, 0.1) is 5.92 Å². The predicted molar refractivity (Wildman–Crippen MR) is 100 cm³/mol. The summed E-state index contributed by atoms with van der Waals surface area (Å²) in [4.78, 5) is 32.5. The van der Waals surface area contributed by atoms with E-state index in [9.17, 15) is 9.59 Å². The van der Waals surface area contributed by atoms with Crippen molar-refractivity contribution in [3.05, 3.63) is 34.3 Å². The van der Waals surface area contributed by atoms with E-state index in [4.69, 9.17) is 11.6 Å². The SMILES string of the molecule is O=C(Cc1csc(NC(=O)C2CC2)n1)Nc1nc2ccc(Cl)cc2s1. The summed E-state index contributed by atoms with van der Waals surface area (Å²) >= 11 is 8.65. The molecule has 6 nitrogen and oxygen atoms in total. The van der Waals surface area contributed by atoms with Gasteiger partial charge in [0.2, 0.25) is 11.8 Å². The summed E-state index contributed by atoms with van der Waals surface area (Å²) in [5.74, 6) is -0.0582. The highest BCUT2D eigenvalue weighted by Gasteiger charge is 2.30.